The second-order valence-corrected chi connectivity index (χ2v) is 4.47. The van der Waals surface area contributed by atoms with Crippen LogP contribution in [0.5, 0.6) is 5.75 Å². The second-order valence-electron chi connectivity index (χ2n) is 3.69. The third-order valence-corrected chi connectivity index (χ3v) is 2.78. The molecule has 0 spiro atoms. The maximum absolute atomic E-state index is 11.8. The molecule has 1 rings (SSSR count). The number of carbonyl (C=O) groups excluding carboxylic acids is 2. The standard InChI is InChI=1S/C11H9Cl2F3N2O3/c12-6-2-1-3-7(9(6)13)21-4-8(19)18-10(20)17-5-11(14,15)16/h1-3H,4-5H2,(H2,17,18,19,20). The van der Waals surface area contributed by atoms with Crippen LogP contribution in [-0.4, -0.2) is 31.3 Å². The predicted molar refractivity (Wildman–Crippen MR) is 69.6 cm³/mol. The Labute approximate surface area is 127 Å². The van der Waals surface area contributed by atoms with E-state index in [9.17, 15) is 22.8 Å². The number of amides is 3. The highest BCUT2D eigenvalue weighted by Gasteiger charge is 2.28. The zero-order chi connectivity index (χ0) is 16.0. The SMILES string of the molecule is O=C(COc1cccc(Cl)c1Cl)NC(=O)NCC(F)(F)F. The van der Waals surface area contributed by atoms with Gasteiger partial charge in [-0.3, -0.25) is 10.1 Å². The fourth-order valence-corrected chi connectivity index (χ4v) is 1.47. The Morgan fingerprint density at radius 2 is 1.90 bits per heavy atom. The van der Waals surface area contributed by atoms with Crippen LogP contribution >= 0.6 is 23.2 Å². The van der Waals surface area contributed by atoms with E-state index in [1.54, 1.807) is 5.32 Å². The fourth-order valence-electron chi connectivity index (χ4n) is 1.13. The highest BCUT2D eigenvalue weighted by atomic mass is 35.5. The minimum atomic E-state index is -4.56. The van der Waals surface area contributed by atoms with Crippen molar-refractivity contribution in [3.8, 4) is 5.75 Å². The summed E-state index contributed by atoms with van der Waals surface area (Å²) < 4.78 is 40.5. The maximum atomic E-state index is 11.8. The minimum absolute atomic E-state index is 0.0773. The smallest absolute Gasteiger partial charge is 0.405 e. The van der Waals surface area contributed by atoms with E-state index in [1.165, 1.54) is 23.5 Å². The maximum Gasteiger partial charge on any atom is 0.405 e. The number of nitrogens with one attached hydrogen (secondary N) is 2. The van der Waals surface area contributed by atoms with Gasteiger partial charge in [-0.05, 0) is 12.1 Å². The minimum Gasteiger partial charge on any atom is -0.482 e. The van der Waals surface area contributed by atoms with Crippen LogP contribution in [0, 0.1) is 0 Å². The molecule has 0 saturated heterocycles. The van der Waals surface area contributed by atoms with Crippen LogP contribution in [0.4, 0.5) is 18.0 Å². The Morgan fingerprint density at radius 1 is 1.24 bits per heavy atom. The summed E-state index contributed by atoms with van der Waals surface area (Å²) in [6, 6.07) is 3.18. The molecule has 0 fully saturated rings. The summed E-state index contributed by atoms with van der Waals surface area (Å²) >= 11 is 11.5. The number of urea groups is 1. The number of halogens is 5. The van der Waals surface area contributed by atoms with Crippen LogP contribution in [-0.2, 0) is 4.79 Å². The van der Waals surface area contributed by atoms with Crippen molar-refractivity contribution in [1.29, 1.82) is 0 Å². The van der Waals surface area contributed by atoms with E-state index >= 15 is 0 Å². The molecule has 2 N–H and O–H groups in total. The molecule has 1 aromatic carbocycles. The lowest BCUT2D eigenvalue weighted by Gasteiger charge is -2.10. The first-order valence-corrected chi connectivity index (χ1v) is 6.16. The average Bonchev–Trinajstić information content (AvgIpc) is 2.37. The fraction of sp³-hybridized carbons (Fsp3) is 0.273. The van der Waals surface area contributed by atoms with E-state index < -0.39 is 31.3 Å². The predicted octanol–water partition coefficient (Wildman–Crippen LogP) is 2.76. The molecule has 21 heavy (non-hydrogen) atoms. The first-order chi connectivity index (χ1) is 9.69. The van der Waals surface area contributed by atoms with Gasteiger partial charge in [0.05, 0.1) is 5.02 Å². The summed E-state index contributed by atoms with van der Waals surface area (Å²) in [7, 11) is 0. The summed E-state index contributed by atoms with van der Waals surface area (Å²) in [5, 5.41) is 3.42. The highest BCUT2D eigenvalue weighted by molar-refractivity contribution is 6.42. The lowest BCUT2D eigenvalue weighted by Crippen LogP contribution is -2.44. The summed E-state index contributed by atoms with van der Waals surface area (Å²) in [6.07, 6.45) is -4.56. The lowest BCUT2D eigenvalue weighted by molar-refractivity contribution is -0.125. The Morgan fingerprint density at radius 3 is 2.52 bits per heavy atom. The topological polar surface area (TPSA) is 67.4 Å². The van der Waals surface area contributed by atoms with Gasteiger partial charge in [-0.25, -0.2) is 4.79 Å². The molecule has 3 amide bonds. The van der Waals surface area contributed by atoms with Gasteiger partial charge in [0.15, 0.2) is 6.61 Å². The molecule has 0 radical (unpaired) electrons. The monoisotopic (exact) mass is 344 g/mol. The third kappa shape index (κ3) is 6.54. The molecule has 0 saturated carbocycles. The Bertz CT molecular complexity index is 538. The molecule has 116 valence electrons. The van der Waals surface area contributed by atoms with Crippen molar-refractivity contribution < 1.29 is 27.5 Å². The van der Waals surface area contributed by atoms with E-state index in [2.05, 4.69) is 0 Å². The molecule has 0 unspecified atom stereocenters. The van der Waals surface area contributed by atoms with Gasteiger partial charge in [-0.1, -0.05) is 29.3 Å². The number of benzene rings is 1. The molecular weight excluding hydrogens is 336 g/mol. The van der Waals surface area contributed by atoms with Crippen molar-refractivity contribution >= 4 is 35.1 Å². The van der Waals surface area contributed by atoms with Gasteiger partial charge >= 0.3 is 12.2 Å². The van der Waals surface area contributed by atoms with Crippen LogP contribution < -0.4 is 15.4 Å². The van der Waals surface area contributed by atoms with Crippen LogP contribution in [0.2, 0.25) is 10.0 Å². The number of ether oxygens (including phenoxy) is 1. The van der Waals surface area contributed by atoms with Crippen molar-refractivity contribution in [1.82, 2.24) is 10.6 Å². The highest BCUT2D eigenvalue weighted by Crippen LogP contribution is 2.31. The first-order valence-electron chi connectivity index (χ1n) is 5.40. The number of hydrogen-bond acceptors (Lipinski definition) is 3. The zero-order valence-electron chi connectivity index (χ0n) is 10.3. The number of carbonyl (C=O) groups is 2. The van der Waals surface area contributed by atoms with E-state index in [0.29, 0.717) is 0 Å². The van der Waals surface area contributed by atoms with Gasteiger partial charge < -0.3 is 10.1 Å². The van der Waals surface area contributed by atoms with E-state index in [0.717, 1.165) is 0 Å². The number of imide groups is 1. The van der Waals surface area contributed by atoms with Crippen LogP contribution in [0.15, 0.2) is 18.2 Å². The Hall–Kier alpha value is -1.67. The van der Waals surface area contributed by atoms with Crippen molar-refractivity contribution in [2.75, 3.05) is 13.2 Å². The molecule has 5 nitrogen and oxygen atoms in total. The Kier molecular flexibility index (Phi) is 6.10. The van der Waals surface area contributed by atoms with Gasteiger partial charge in [0, 0.05) is 0 Å². The molecule has 1 aromatic rings. The van der Waals surface area contributed by atoms with Crippen molar-refractivity contribution in [3.05, 3.63) is 28.2 Å². The molecule has 0 aliphatic carbocycles. The summed E-state index contributed by atoms with van der Waals surface area (Å²) in [4.78, 5) is 22.3. The van der Waals surface area contributed by atoms with Crippen molar-refractivity contribution in [3.63, 3.8) is 0 Å². The first kappa shape index (κ1) is 17.4. The summed E-state index contributed by atoms with van der Waals surface area (Å²) in [6.45, 7) is -2.16. The van der Waals surface area contributed by atoms with Gasteiger partial charge in [-0.15, -0.1) is 0 Å². The van der Waals surface area contributed by atoms with Crippen molar-refractivity contribution in [2.24, 2.45) is 0 Å². The van der Waals surface area contributed by atoms with Gasteiger partial charge in [0.25, 0.3) is 5.91 Å². The average molecular weight is 345 g/mol. The molecular formula is C11H9Cl2F3N2O3. The zero-order valence-corrected chi connectivity index (χ0v) is 11.8. The van der Waals surface area contributed by atoms with E-state index in [4.69, 9.17) is 27.9 Å². The number of rotatable bonds is 4. The van der Waals surface area contributed by atoms with Crippen LogP contribution in [0.25, 0.3) is 0 Å². The molecule has 0 aliphatic rings. The molecule has 0 atom stereocenters. The van der Waals surface area contributed by atoms with Gasteiger partial charge in [0.1, 0.15) is 17.3 Å². The van der Waals surface area contributed by atoms with Crippen LogP contribution in [0.3, 0.4) is 0 Å². The molecule has 0 aromatic heterocycles. The van der Waals surface area contributed by atoms with Crippen LogP contribution in [0.1, 0.15) is 0 Å². The summed E-state index contributed by atoms with van der Waals surface area (Å²) in [5.41, 5.74) is 0. The van der Waals surface area contributed by atoms with Gasteiger partial charge in [-0.2, -0.15) is 13.2 Å². The molecule has 0 bridgehead atoms. The summed E-state index contributed by atoms with van der Waals surface area (Å²) in [5.74, 6) is -0.833. The largest absolute Gasteiger partial charge is 0.482 e. The normalized spacial score (nSPS) is 10.9. The number of alkyl halides is 3. The van der Waals surface area contributed by atoms with Gasteiger partial charge in [0.2, 0.25) is 0 Å². The molecule has 0 aliphatic heterocycles. The second kappa shape index (κ2) is 7.37. The quantitative estimate of drug-likeness (QED) is 0.882. The lowest BCUT2D eigenvalue weighted by atomic mass is 10.3. The van der Waals surface area contributed by atoms with Crippen molar-refractivity contribution in [2.45, 2.75) is 6.18 Å². The Balaban J connectivity index is 2.41. The molecule has 0 heterocycles. The third-order valence-electron chi connectivity index (χ3n) is 1.98. The number of hydrogen-bond donors (Lipinski definition) is 2. The van der Waals surface area contributed by atoms with E-state index in [1.807, 2.05) is 0 Å². The molecule has 10 heteroatoms. The van der Waals surface area contributed by atoms with E-state index in [-0.39, 0.29) is 15.8 Å².